The molecule has 3 heterocycles. The summed E-state index contributed by atoms with van der Waals surface area (Å²) in [5.74, 6) is -5.39. The van der Waals surface area contributed by atoms with Crippen molar-refractivity contribution in [2.45, 2.75) is 35.8 Å². The standard InChI is InChI=1S/C21H23NO7S/c1-6-29-18(26)20-13(15(23)27-4)14(16(24)28-5)21(30-20)19(2,3)11-9-7-8-10-12(11)22(21)17(20)25/h7-10,13-14H,6H2,1-5H3/t13-,14+,20+,21+/m0/s1. The van der Waals surface area contributed by atoms with Crippen LogP contribution in [0.3, 0.4) is 0 Å². The third kappa shape index (κ3) is 2.04. The fraction of sp³-hybridized carbons (Fsp3) is 0.524. The second-order valence-corrected chi connectivity index (χ2v) is 9.51. The van der Waals surface area contributed by atoms with Gasteiger partial charge in [0, 0.05) is 11.1 Å². The molecule has 0 N–H and O–H groups in total. The average Bonchev–Trinajstić information content (AvgIpc) is 3.28. The van der Waals surface area contributed by atoms with Gasteiger partial charge in [-0.05, 0) is 18.6 Å². The van der Waals surface area contributed by atoms with Gasteiger partial charge in [0.25, 0.3) is 5.91 Å². The molecule has 4 atom stereocenters. The predicted molar refractivity (Wildman–Crippen MR) is 108 cm³/mol. The maximum absolute atomic E-state index is 13.9. The maximum Gasteiger partial charge on any atom is 0.332 e. The van der Waals surface area contributed by atoms with Crippen molar-refractivity contribution in [2.75, 3.05) is 25.7 Å². The number of amides is 1. The normalized spacial score (nSPS) is 32.4. The van der Waals surface area contributed by atoms with Crippen LogP contribution in [0.4, 0.5) is 5.69 Å². The Hall–Kier alpha value is -2.55. The van der Waals surface area contributed by atoms with Gasteiger partial charge in [0.05, 0.1) is 20.8 Å². The monoisotopic (exact) mass is 433 g/mol. The van der Waals surface area contributed by atoms with Gasteiger partial charge in [-0.2, -0.15) is 0 Å². The summed E-state index contributed by atoms with van der Waals surface area (Å²) in [5, 5.41) is 0. The number of methoxy groups -OCH3 is 2. The van der Waals surface area contributed by atoms with Crippen LogP contribution >= 0.6 is 11.8 Å². The van der Waals surface area contributed by atoms with Gasteiger partial charge < -0.3 is 14.2 Å². The number of carbonyl (C=O) groups is 4. The summed E-state index contributed by atoms with van der Waals surface area (Å²) in [6.07, 6.45) is 0. The highest BCUT2D eigenvalue weighted by Gasteiger charge is 2.87. The fourth-order valence-corrected chi connectivity index (χ4v) is 7.50. The van der Waals surface area contributed by atoms with Crippen molar-refractivity contribution in [3.05, 3.63) is 29.8 Å². The highest BCUT2D eigenvalue weighted by atomic mass is 32.2. The molecule has 160 valence electrons. The number of ether oxygens (including phenoxy) is 3. The third-order valence-electron chi connectivity index (χ3n) is 6.57. The van der Waals surface area contributed by atoms with E-state index >= 15 is 0 Å². The van der Waals surface area contributed by atoms with Crippen molar-refractivity contribution in [2.24, 2.45) is 11.8 Å². The number of thioether (sulfide) groups is 1. The smallest absolute Gasteiger partial charge is 0.332 e. The molecule has 0 radical (unpaired) electrons. The molecule has 3 aliphatic rings. The van der Waals surface area contributed by atoms with Gasteiger partial charge >= 0.3 is 17.9 Å². The predicted octanol–water partition coefficient (Wildman–Crippen LogP) is 1.65. The third-order valence-corrected chi connectivity index (χ3v) is 8.74. The number of para-hydroxylation sites is 1. The summed E-state index contributed by atoms with van der Waals surface area (Å²) in [5.41, 5.74) is 0.686. The van der Waals surface area contributed by atoms with E-state index in [0.717, 1.165) is 17.3 Å². The van der Waals surface area contributed by atoms with Crippen molar-refractivity contribution in [1.29, 1.82) is 0 Å². The summed E-state index contributed by atoms with van der Waals surface area (Å²) in [6, 6.07) is 7.32. The summed E-state index contributed by atoms with van der Waals surface area (Å²) >= 11 is 1.02. The SMILES string of the molecule is CCOC(=O)[C@@]12S[C@@]3([C@@H](C(=O)OC)[C@H]1C(=O)OC)N(C2=O)c1ccccc1C3(C)C. The highest BCUT2D eigenvalue weighted by molar-refractivity contribution is 8.04. The summed E-state index contributed by atoms with van der Waals surface area (Å²) in [6.45, 7) is 5.46. The van der Waals surface area contributed by atoms with Crippen LogP contribution in [-0.2, 0) is 38.8 Å². The number of piperidine rings is 1. The first-order chi connectivity index (χ1) is 14.2. The lowest BCUT2D eigenvalue weighted by Crippen LogP contribution is -2.67. The van der Waals surface area contributed by atoms with Crippen LogP contribution in [0, 0.1) is 11.8 Å². The molecule has 9 heteroatoms. The first kappa shape index (κ1) is 20.7. The van der Waals surface area contributed by atoms with E-state index in [4.69, 9.17) is 14.2 Å². The van der Waals surface area contributed by atoms with Crippen LogP contribution in [0.5, 0.6) is 0 Å². The molecule has 8 nitrogen and oxygen atoms in total. The molecule has 30 heavy (non-hydrogen) atoms. The highest BCUT2D eigenvalue weighted by Crippen LogP contribution is 2.75. The molecular formula is C21H23NO7S. The Morgan fingerprint density at radius 1 is 1.07 bits per heavy atom. The summed E-state index contributed by atoms with van der Waals surface area (Å²) < 4.78 is 13.4. The van der Waals surface area contributed by atoms with Gasteiger partial charge in [-0.3, -0.25) is 19.3 Å². The van der Waals surface area contributed by atoms with Crippen LogP contribution in [0.25, 0.3) is 0 Å². The van der Waals surface area contributed by atoms with E-state index in [0.29, 0.717) is 5.69 Å². The minimum absolute atomic E-state index is 0.0260. The Morgan fingerprint density at radius 2 is 1.67 bits per heavy atom. The minimum Gasteiger partial charge on any atom is -0.469 e. The molecule has 1 amide bonds. The van der Waals surface area contributed by atoms with E-state index in [1.54, 1.807) is 19.1 Å². The van der Waals surface area contributed by atoms with E-state index in [1.807, 2.05) is 26.0 Å². The molecule has 1 spiro atoms. The van der Waals surface area contributed by atoms with Crippen LogP contribution in [0.1, 0.15) is 26.3 Å². The van der Waals surface area contributed by atoms with Crippen LogP contribution in [0.15, 0.2) is 24.3 Å². The molecule has 2 saturated heterocycles. The number of rotatable bonds is 4. The molecule has 2 bridgehead atoms. The molecule has 0 unspecified atom stereocenters. The molecule has 2 fully saturated rings. The summed E-state index contributed by atoms with van der Waals surface area (Å²) in [7, 11) is 2.39. The Bertz CT molecular complexity index is 976. The first-order valence-corrected chi connectivity index (χ1v) is 10.5. The summed E-state index contributed by atoms with van der Waals surface area (Å²) in [4.78, 5) is 53.4. The van der Waals surface area contributed by atoms with Gasteiger partial charge in [-0.15, -0.1) is 11.8 Å². The molecular weight excluding hydrogens is 410 g/mol. The number of benzene rings is 1. The molecule has 4 rings (SSSR count). The Kier molecular flexibility index (Phi) is 4.47. The van der Waals surface area contributed by atoms with E-state index in [2.05, 4.69) is 0 Å². The number of fused-ring (bicyclic) bond motifs is 3. The van der Waals surface area contributed by atoms with Crippen molar-refractivity contribution < 1.29 is 33.4 Å². The zero-order chi connectivity index (χ0) is 22.1. The number of hydrogen-bond acceptors (Lipinski definition) is 8. The largest absolute Gasteiger partial charge is 0.469 e. The van der Waals surface area contributed by atoms with E-state index in [9.17, 15) is 19.2 Å². The average molecular weight is 433 g/mol. The second-order valence-electron chi connectivity index (χ2n) is 8.04. The maximum atomic E-state index is 13.9. The van der Waals surface area contributed by atoms with Gasteiger partial charge in [-0.1, -0.05) is 32.0 Å². The first-order valence-electron chi connectivity index (χ1n) is 9.64. The Morgan fingerprint density at radius 3 is 2.27 bits per heavy atom. The van der Waals surface area contributed by atoms with Crippen molar-refractivity contribution >= 4 is 41.3 Å². The van der Waals surface area contributed by atoms with Crippen molar-refractivity contribution in [1.82, 2.24) is 0 Å². The topological polar surface area (TPSA) is 99.2 Å². The lowest BCUT2D eigenvalue weighted by molar-refractivity contribution is -0.169. The van der Waals surface area contributed by atoms with E-state index in [-0.39, 0.29) is 6.61 Å². The number of anilines is 1. The molecule has 1 aromatic rings. The van der Waals surface area contributed by atoms with Crippen LogP contribution in [-0.4, -0.2) is 54.3 Å². The van der Waals surface area contributed by atoms with Crippen molar-refractivity contribution in [3.8, 4) is 0 Å². The Balaban J connectivity index is 2.06. The lowest BCUT2D eigenvalue weighted by Gasteiger charge is -2.46. The Labute approximate surface area is 178 Å². The number of nitrogens with zero attached hydrogens (tertiary/aromatic N) is 1. The fourth-order valence-electron chi connectivity index (χ4n) is 5.33. The molecule has 0 aromatic heterocycles. The molecule has 0 aliphatic carbocycles. The minimum atomic E-state index is -1.92. The molecule has 3 aliphatic heterocycles. The number of hydrogen-bond donors (Lipinski definition) is 0. The molecule has 1 aromatic carbocycles. The number of esters is 3. The number of carbonyl (C=O) groups excluding carboxylic acids is 4. The zero-order valence-corrected chi connectivity index (χ0v) is 18.2. The van der Waals surface area contributed by atoms with Gasteiger partial charge in [0.1, 0.15) is 16.7 Å². The molecule has 0 saturated carbocycles. The van der Waals surface area contributed by atoms with Gasteiger partial charge in [-0.25, -0.2) is 4.79 Å². The quantitative estimate of drug-likeness (QED) is 0.402. The van der Waals surface area contributed by atoms with E-state index in [1.165, 1.54) is 19.1 Å². The lowest BCUT2D eigenvalue weighted by atomic mass is 9.65. The second kappa shape index (κ2) is 6.47. The van der Waals surface area contributed by atoms with Crippen LogP contribution < -0.4 is 4.90 Å². The zero-order valence-electron chi connectivity index (χ0n) is 17.4. The van der Waals surface area contributed by atoms with Crippen LogP contribution in [0.2, 0.25) is 0 Å². The van der Waals surface area contributed by atoms with Gasteiger partial charge in [0.15, 0.2) is 0 Å². The van der Waals surface area contributed by atoms with Crippen molar-refractivity contribution in [3.63, 3.8) is 0 Å². The van der Waals surface area contributed by atoms with Gasteiger partial charge in [0.2, 0.25) is 4.75 Å². The van der Waals surface area contributed by atoms with E-state index < -0.39 is 50.7 Å².